The third-order valence-corrected chi connectivity index (χ3v) is 5.55. The Bertz CT molecular complexity index is 761. The van der Waals surface area contributed by atoms with Gasteiger partial charge in [0.05, 0.1) is 0 Å². The van der Waals surface area contributed by atoms with Crippen molar-refractivity contribution in [1.82, 2.24) is 4.90 Å². The second-order valence-corrected chi connectivity index (χ2v) is 7.22. The first-order chi connectivity index (χ1) is 11.5. The average molecular weight is 362 g/mol. The smallest absolute Gasteiger partial charge is 0.327 e. The third kappa shape index (κ3) is 3.28. The van der Waals surface area contributed by atoms with Crippen molar-refractivity contribution in [1.29, 1.82) is 0 Å². The number of rotatable bonds is 3. The highest BCUT2D eigenvalue weighted by molar-refractivity contribution is 7.99. The maximum Gasteiger partial charge on any atom is 0.327 e. The molecule has 0 bridgehead atoms. The number of hydrogen-bond acceptors (Lipinski definition) is 3. The van der Waals surface area contributed by atoms with Gasteiger partial charge in [0.2, 0.25) is 0 Å². The van der Waals surface area contributed by atoms with Gasteiger partial charge in [-0.2, -0.15) is 0 Å². The Kier molecular flexibility index (Phi) is 4.83. The fourth-order valence-electron chi connectivity index (χ4n) is 2.67. The zero-order valence-corrected chi connectivity index (χ0v) is 14.6. The van der Waals surface area contributed by atoms with Crippen molar-refractivity contribution >= 4 is 35.2 Å². The van der Waals surface area contributed by atoms with E-state index in [4.69, 9.17) is 11.6 Å². The van der Waals surface area contributed by atoms with Crippen molar-refractivity contribution in [3.63, 3.8) is 0 Å². The summed E-state index contributed by atoms with van der Waals surface area (Å²) in [7, 11) is 0. The van der Waals surface area contributed by atoms with Gasteiger partial charge >= 0.3 is 5.97 Å². The molecule has 3 rings (SSSR count). The molecular formula is C18H16ClNO3S. The van der Waals surface area contributed by atoms with Gasteiger partial charge in [-0.15, -0.1) is 11.8 Å². The molecule has 2 aromatic carbocycles. The van der Waals surface area contributed by atoms with E-state index in [1.807, 2.05) is 31.2 Å². The van der Waals surface area contributed by atoms with Crippen LogP contribution in [0.2, 0.25) is 5.02 Å². The largest absolute Gasteiger partial charge is 0.480 e. The summed E-state index contributed by atoms with van der Waals surface area (Å²) in [5, 5.41) is 9.73. The number of nitrogens with zero attached hydrogens (tertiary/aromatic N) is 1. The second kappa shape index (κ2) is 6.87. The van der Waals surface area contributed by atoms with Crippen molar-refractivity contribution in [3.05, 3.63) is 70.2 Å². The zero-order valence-electron chi connectivity index (χ0n) is 13.0. The molecule has 1 heterocycles. The van der Waals surface area contributed by atoms with E-state index in [2.05, 4.69) is 0 Å². The van der Waals surface area contributed by atoms with Gasteiger partial charge in [0.1, 0.15) is 11.4 Å². The van der Waals surface area contributed by atoms with Crippen LogP contribution >= 0.6 is 23.4 Å². The zero-order chi connectivity index (χ0) is 17.3. The van der Waals surface area contributed by atoms with Crippen LogP contribution in [0.4, 0.5) is 0 Å². The monoisotopic (exact) mass is 361 g/mol. The molecule has 1 fully saturated rings. The third-order valence-electron chi connectivity index (χ3n) is 3.97. The number of thioether (sulfide) groups is 1. The van der Waals surface area contributed by atoms with Gasteiger partial charge in [-0.05, 0) is 36.8 Å². The number of carboxylic acid groups (broad SMARTS) is 1. The Morgan fingerprint density at radius 3 is 2.33 bits per heavy atom. The van der Waals surface area contributed by atoms with E-state index in [1.165, 1.54) is 16.7 Å². The molecule has 2 atom stereocenters. The van der Waals surface area contributed by atoms with Gasteiger partial charge in [0.25, 0.3) is 5.91 Å². The van der Waals surface area contributed by atoms with Crippen LogP contribution < -0.4 is 0 Å². The van der Waals surface area contributed by atoms with Crippen LogP contribution in [0.1, 0.15) is 26.9 Å². The van der Waals surface area contributed by atoms with E-state index in [0.717, 1.165) is 11.1 Å². The summed E-state index contributed by atoms with van der Waals surface area (Å²) in [5.41, 5.74) is 2.48. The summed E-state index contributed by atoms with van der Waals surface area (Å²) in [6.07, 6.45) is 0. The van der Waals surface area contributed by atoms with Crippen LogP contribution in [-0.4, -0.2) is 33.7 Å². The molecule has 1 aliphatic rings. The van der Waals surface area contributed by atoms with Crippen LogP contribution in [0.25, 0.3) is 0 Å². The lowest BCUT2D eigenvalue weighted by molar-refractivity contribution is -0.141. The van der Waals surface area contributed by atoms with Crippen LogP contribution in [-0.2, 0) is 4.79 Å². The SMILES string of the molecule is Cc1ccc(C2SCC(C(=O)O)N2C(=O)c2ccc(Cl)cc2)cc1. The van der Waals surface area contributed by atoms with Gasteiger partial charge in [-0.1, -0.05) is 41.4 Å². The van der Waals surface area contributed by atoms with E-state index in [9.17, 15) is 14.7 Å². The molecule has 0 aliphatic carbocycles. The fourth-order valence-corrected chi connectivity index (χ4v) is 4.22. The lowest BCUT2D eigenvalue weighted by Crippen LogP contribution is -2.42. The molecule has 2 unspecified atom stereocenters. The maximum atomic E-state index is 12.9. The number of halogens is 1. The van der Waals surface area contributed by atoms with E-state index in [0.29, 0.717) is 16.3 Å². The summed E-state index contributed by atoms with van der Waals surface area (Å²) in [5.74, 6) is -0.915. The lowest BCUT2D eigenvalue weighted by atomic mass is 10.1. The molecule has 1 N–H and O–H groups in total. The summed E-state index contributed by atoms with van der Waals surface area (Å²) in [4.78, 5) is 26.0. The van der Waals surface area contributed by atoms with E-state index in [1.54, 1.807) is 24.3 Å². The minimum Gasteiger partial charge on any atom is -0.480 e. The highest BCUT2D eigenvalue weighted by Gasteiger charge is 2.42. The first kappa shape index (κ1) is 16.9. The first-order valence-electron chi connectivity index (χ1n) is 7.46. The molecule has 4 nitrogen and oxygen atoms in total. The number of aliphatic carboxylic acids is 1. The predicted molar refractivity (Wildman–Crippen MR) is 95.4 cm³/mol. The van der Waals surface area contributed by atoms with E-state index in [-0.39, 0.29) is 11.3 Å². The standard InChI is InChI=1S/C18H16ClNO3S/c1-11-2-4-13(5-3-11)17-20(15(10-24-17)18(22)23)16(21)12-6-8-14(19)9-7-12/h2-9,15,17H,10H2,1H3,(H,22,23). The van der Waals surface area contributed by atoms with Crippen LogP contribution in [0.15, 0.2) is 48.5 Å². The molecule has 0 saturated carbocycles. The molecule has 1 saturated heterocycles. The van der Waals surface area contributed by atoms with Crippen molar-refractivity contribution in [3.8, 4) is 0 Å². The quantitative estimate of drug-likeness (QED) is 0.898. The summed E-state index contributed by atoms with van der Waals surface area (Å²) in [6.45, 7) is 1.99. The number of hydrogen-bond donors (Lipinski definition) is 1. The van der Waals surface area contributed by atoms with Gasteiger partial charge in [-0.25, -0.2) is 4.79 Å². The highest BCUT2D eigenvalue weighted by atomic mass is 35.5. The Morgan fingerprint density at radius 1 is 1.12 bits per heavy atom. The van der Waals surface area contributed by atoms with Gasteiger partial charge < -0.3 is 10.0 Å². The Morgan fingerprint density at radius 2 is 1.75 bits per heavy atom. The summed E-state index contributed by atoms with van der Waals surface area (Å²) in [6, 6.07) is 13.5. The molecule has 0 radical (unpaired) electrons. The minimum absolute atomic E-state index is 0.297. The van der Waals surface area contributed by atoms with Crippen molar-refractivity contribution < 1.29 is 14.7 Å². The van der Waals surface area contributed by atoms with Crippen molar-refractivity contribution in [2.24, 2.45) is 0 Å². The van der Waals surface area contributed by atoms with Gasteiger partial charge in [-0.3, -0.25) is 4.79 Å². The molecule has 0 spiro atoms. The molecule has 124 valence electrons. The normalized spacial score (nSPS) is 20.2. The molecule has 2 aromatic rings. The van der Waals surface area contributed by atoms with E-state index < -0.39 is 12.0 Å². The summed E-state index contributed by atoms with van der Waals surface area (Å²) >= 11 is 7.34. The highest BCUT2D eigenvalue weighted by Crippen LogP contribution is 2.42. The molecule has 24 heavy (non-hydrogen) atoms. The number of carboxylic acids is 1. The van der Waals surface area contributed by atoms with Crippen LogP contribution in [0, 0.1) is 6.92 Å². The summed E-state index contributed by atoms with van der Waals surface area (Å²) < 4.78 is 0. The van der Waals surface area contributed by atoms with Crippen molar-refractivity contribution in [2.75, 3.05) is 5.75 Å². The van der Waals surface area contributed by atoms with Crippen molar-refractivity contribution in [2.45, 2.75) is 18.3 Å². The van der Waals surface area contributed by atoms with Gasteiger partial charge in [0, 0.05) is 16.3 Å². The Balaban J connectivity index is 1.97. The predicted octanol–water partition coefficient (Wildman–Crippen LogP) is 3.99. The number of aryl methyl sites for hydroxylation is 1. The average Bonchev–Trinajstić information content (AvgIpc) is 3.01. The molecule has 1 aliphatic heterocycles. The number of carbonyl (C=O) groups excluding carboxylic acids is 1. The minimum atomic E-state index is -0.987. The maximum absolute atomic E-state index is 12.9. The van der Waals surface area contributed by atoms with Crippen LogP contribution in [0.5, 0.6) is 0 Å². The lowest BCUT2D eigenvalue weighted by Gasteiger charge is -2.27. The molecule has 6 heteroatoms. The number of benzene rings is 2. The van der Waals surface area contributed by atoms with Gasteiger partial charge in [0.15, 0.2) is 0 Å². The number of carbonyl (C=O) groups is 2. The molecule has 0 aromatic heterocycles. The van der Waals surface area contributed by atoms with Crippen LogP contribution in [0.3, 0.4) is 0 Å². The van der Waals surface area contributed by atoms with E-state index >= 15 is 0 Å². The molecular weight excluding hydrogens is 346 g/mol. The first-order valence-corrected chi connectivity index (χ1v) is 8.89. The Labute approximate surface area is 149 Å². The Hall–Kier alpha value is -1.98. The second-order valence-electron chi connectivity index (χ2n) is 5.67. The molecule has 1 amide bonds. The fraction of sp³-hybridized carbons (Fsp3) is 0.222. The topological polar surface area (TPSA) is 57.6 Å². The number of amides is 1.